The standard InChI is InChI=1S/C27H32ClF4N3O2/c1-18-15-34(16-19(2)37-18)8-7-33-9-10-35(25(17-33)11-20-3-5-23(28)6-4-20)26(36)21-12-22(27(30,31)32)14-24(29)13-21/h3-6,12-14,18-19,25H,7-11,15-17H2,1-2H3/t18-,19+,25?. The van der Waals surface area contributed by atoms with Crippen molar-refractivity contribution in [1.29, 1.82) is 0 Å². The minimum atomic E-state index is -4.74. The summed E-state index contributed by atoms with van der Waals surface area (Å²) in [4.78, 5) is 19.6. The summed E-state index contributed by atoms with van der Waals surface area (Å²) in [7, 11) is 0. The van der Waals surface area contributed by atoms with Crippen molar-refractivity contribution in [1.82, 2.24) is 14.7 Å². The lowest BCUT2D eigenvalue weighted by molar-refractivity contribution is -0.137. The Hall–Kier alpha value is -2.20. The maximum atomic E-state index is 14.1. The summed E-state index contributed by atoms with van der Waals surface area (Å²) in [5.41, 5.74) is -0.504. The normalized spacial score (nSPS) is 23.9. The Balaban J connectivity index is 1.50. The maximum Gasteiger partial charge on any atom is 0.416 e. The van der Waals surface area contributed by atoms with Crippen LogP contribution in [0.4, 0.5) is 17.6 Å². The molecule has 37 heavy (non-hydrogen) atoms. The molecule has 2 aromatic carbocycles. The SMILES string of the molecule is C[C@@H]1CN(CCN2CCN(C(=O)c3cc(F)cc(C(F)(F)F)c3)C(Cc3ccc(Cl)cc3)C2)C[C@H](C)O1. The van der Waals surface area contributed by atoms with Crippen LogP contribution in [0.3, 0.4) is 0 Å². The Morgan fingerprint density at radius 3 is 2.27 bits per heavy atom. The highest BCUT2D eigenvalue weighted by molar-refractivity contribution is 6.30. The molecule has 0 aliphatic carbocycles. The molecule has 5 nitrogen and oxygen atoms in total. The van der Waals surface area contributed by atoms with Crippen molar-refractivity contribution in [3.63, 3.8) is 0 Å². The number of morpholine rings is 1. The molecule has 10 heteroatoms. The minimum Gasteiger partial charge on any atom is -0.373 e. The van der Waals surface area contributed by atoms with Crippen molar-refractivity contribution < 1.29 is 27.1 Å². The quantitative estimate of drug-likeness (QED) is 0.484. The average Bonchev–Trinajstić information content (AvgIpc) is 2.82. The molecule has 0 N–H and O–H groups in total. The molecule has 4 rings (SSSR count). The molecule has 2 aromatic rings. The minimum absolute atomic E-state index is 0.170. The highest BCUT2D eigenvalue weighted by atomic mass is 35.5. The van der Waals surface area contributed by atoms with Crippen molar-refractivity contribution in [3.05, 3.63) is 70.0 Å². The first kappa shape index (κ1) is 27.8. The van der Waals surface area contributed by atoms with Crippen LogP contribution in [0.1, 0.15) is 35.3 Å². The summed E-state index contributed by atoms with van der Waals surface area (Å²) >= 11 is 6.02. The molecular weight excluding hydrogens is 510 g/mol. The first-order valence-electron chi connectivity index (χ1n) is 12.5. The topological polar surface area (TPSA) is 36.0 Å². The van der Waals surface area contributed by atoms with Gasteiger partial charge in [0, 0.05) is 62.4 Å². The van der Waals surface area contributed by atoms with Gasteiger partial charge in [0.25, 0.3) is 5.91 Å². The van der Waals surface area contributed by atoms with Gasteiger partial charge >= 0.3 is 6.18 Å². The second-order valence-electron chi connectivity index (χ2n) is 10.0. The van der Waals surface area contributed by atoms with Gasteiger partial charge in [-0.2, -0.15) is 13.2 Å². The van der Waals surface area contributed by atoms with Crippen molar-refractivity contribution in [2.24, 2.45) is 0 Å². The number of ether oxygens (including phenoxy) is 1. The number of hydrogen-bond donors (Lipinski definition) is 0. The van der Waals surface area contributed by atoms with Crippen LogP contribution in [0.2, 0.25) is 5.02 Å². The first-order chi connectivity index (χ1) is 17.5. The Bertz CT molecular complexity index is 1070. The molecule has 0 aromatic heterocycles. The van der Waals surface area contributed by atoms with Gasteiger partial charge in [-0.1, -0.05) is 23.7 Å². The van der Waals surface area contributed by atoms with E-state index in [0.717, 1.165) is 43.9 Å². The molecule has 0 bridgehead atoms. The highest BCUT2D eigenvalue weighted by Crippen LogP contribution is 2.31. The van der Waals surface area contributed by atoms with E-state index in [9.17, 15) is 22.4 Å². The zero-order valence-corrected chi connectivity index (χ0v) is 21.7. The third-order valence-electron chi connectivity index (χ3n) is 6.91. The van der Waals surface area contributed by atoms with Crippen LogP contribution in [-0.2, 0) is 17.3 Å². The van der Waals surface area contributed by atoms with Crippen LogP contribution >= 0.6 is 11.6 Å². The predicted octanol–water partition coefficient (Wildman–Crippen LogP) is 4.98. The summed E-state index contributed by atoms with van der Waals surface area (Å²) < 4.78 is 59.7. The van der Waals surface area contributed by atoms with Gasteiger partial charge in [-0.25, -0.2) is 4.39 Å². The van der Waals surface area contributed by atoms with Gasteiger partial charge < -0.3 is 9.64 Å². The third-order valence-corrected chi connectivity index (χ3v) is 7.16. The number of carbonyl (C=O) groups is 1. The highest BCUT2D eigenvalue weighted by Gasteiger charge is 2.35. The smallest absolute Gasteiger partial charge is 0.373 e. The molecule has 0 saturated carbocycles. The van der Waals surface area contributed by atoms with Crippen LogP contribution in [0.5, 0.6) is 0 Å². The summed E-state index contributed by atoms with van der Waals surface area (Å²) in [5.74, 6) is -1.68. The molecule has 2 saturated heterocycles. The summed E-state index contributed by atoms with van der Waals surface area (Å²) in [5, 5.41) is 0.593. The number of piperazine rings is 1. The van der Waals surface area contributed by atoms with Crippen LogP contribution in [0.15, 0.2) is 42.5 Å². The lowest BCUT2D eigenvalue weighted by Crippen LogP contribution is -2.57. The van der Waals surface area contributed by atoms with Crippen LogP contribution in [0, 0.1) is 5.82 Å². The Morgan fingerprint density at radius 1 is 0.973 bits per heavy atom. The van der Waals surface area contributed by atoms with E-state index in [4.69, 9.17) is 16.3 Å². The molecule has 2 aliphatic rings. The fourth-order valence-corrected chi connectivity index (χ4v) is 5.38. The number of nitrogens with zero attached hydrogens (tertiary/aromatic N) is 3. The van der Waals surface area contributed by atoms with Gasteiger partial charge in [0.15, 0.2) is 0 Å². The van der Waals surface area contributed by atoms with Crippen LogP contribution in [-0.4, -0.2) is 84.7 Å². The second-order valence-corrected chi connectivity index (χ2v) is 10.5. The number of alkyl halides is 3. The van der Waals surface area contributed by atoms with E-state index in [1.165, 1.54) is 0 Å². The van der Waals surface area contributed by atoms with Gasteiger partial charge in [0.1, 0.15) is 5.82 Å². The van der Waals surface area contributed by atoms with E-state index >= 15 is 0 Å². The largest absolute Gasteiger partial charge is 0.416 e. The molecule has 3 atom stereocenters. The number of hydrogen-bond acceptors (Lipinski definition) is 4. The molecule has 2 fully saturated rings. The second kappa shape index (κ2) is 11.7. The van der Waals surface area contributed by atoms with Crippen molar-refractivity contribution in [2.45, 2.75) is 44.7 Å². The number of halogens is 5. The summed E-state index contributed by atoms with van der Waals surface area (Å²) in [6.45, 7) is 8.99. The molecule has 202 valence electrons. The van der Waals surface area contributed by atoms with E-state index in [1.54, 1.807) is 17.0 Å². The maximum absolute atomic E-state index is 14.1. The van der Waals surface area contributed by atoms with Crippen molar-refractivity contribution in [3.8, 4) is 0 Å². The van der Waals surface area contributed by atoms with E-state index < -0.39 is 23.5 Å². The van der Waals surface area contributed by atoms with Gasteiger partial charge in [-0.05, 0) is 56.2 Å². The lowest BCUT2D eigenvalue weighted by Gasteiger charge is -2.43. The molecule has 0 radical (unpaired) electrons. The van der Waals surface area contributed by atoms with E-state index in [-0.39, 0.29) is 23.8 Å². The van der Waals surface area contributed by atoms with Gasteiger partial charge in [0.2, 0.25) is 0 Å². The predicted molar refractivity (Wildman–Crippen MR) is 134 cm³/mol. The Kier molecular flexibility index (Phi) is 8.78. The number of carbonyl (C=O) groups excluding carboxylic acids is 1. The molecular formula is C27H32ClF4N3O2. The Labute approximate surface area is 219 Å². The summed E-state index contributed by atoms with van der Waals surface area (Å²) in [6.07, 6.45) is -3.90. The average molecular weight is 542 g/mol. The zero-order chi connectivity index (χ0) is 26.7. The molecule has 1 unspecified atom stereocenters. The van der Waals surface area contributed by atoms with Crippen molar-refractivity contribution in [2.75, 3.05) is 45.8 Å². The van der Waals surface area contributed by atoms with Crippen molar-refractivity contribution >= 4 is 17.5 Å². The number of amides is 1. The van der Waals surface area contributed by atoms with E-state index in [0.29, 0.717) is 37.1 Å². The molecule has 2 heterocycles. The zero-order valence-electron chi connectivity index (χ0n) is 21.0. The van der Waals surface area contributed by atoms with Gasteiger partial charge in [-0.3, -0.25) is 14.6 Å². The van der Waals surface area contributed by atoms with E-state index in [1.807, 2.05) is 12.1 Å². The third kappa shape index (κ3) is 7.44. The first-order valence-corrected chi connectivity index (χ1v) is 12.9. The molecule has 2 aliphatic heterocycles. The van der Waals surface area contributed by atoms with Crippen LogP contribution < -0.4 is 0 Å². The number of rotatable bonds is 6. The van der Waals surface area contributed by atoms with Crippen LogP contribution in [0.25, 0.3) is 0 Å². The van der Waals surface area contributed by atoms with E-state index in [2.05, 4.69) is 23.6 Å². The number of benzene rings is 2. The lowest BCUT2D eigenvalue weighted by atomic mass is 10.00. The molecule has 1 amide bonds. The van der Waals surface area contributed by atoms with Gasteiger partial charge in [-0.15, -0.1) is 0 Å². The fraction of sp³-hybridized carbons (Fsp3) is 0.519. The molecule has 0 spiro atoms. The Morgan fingerprint density at radius 2 is 1.62 bits per heavy atom. The fourth-order valence-electron chi connectivity index (χ4n) is 5.25. The monoisotopic (exact) mass is 541 g/mol. The summed E-state index contributed by atoms with van der Waals surface area (Å²) in [6, 6.07) is 9.03. The van der Waals surface area contributed by atoms with Gasteiger partial charge in [0.05, 0.1) is 17.8 Å².